The zero-order valence-corrected chi connectivity index (χ0v) is 9.85. The fourth-order valence-corrected chi connectivity index (χ4v) is 15.1. The topological polar surface area (TPSA) is 20.3 Å². The molecule has 1 aliphatic rings. The third kappa shape index (κ3) is 1.42. The number of rotatable bonds is 1. The normalized spacial score (nSPS) is 27.1. The Hall–Kier alpha value is -0.0962. The van der Waals surface area contributed by atoms with Gasteiger partial charge in [0.25, 0.3) is 0 Å². The molecule has 0 saturated carbocycles. The van der Waals surface area contributed by atoms with Crippen LogP contribution in [0.5, 0.6) is 0 Å². The maximum absolute atomic E-state index is 10.8. The molecular formula is C7H17NOSi2. The van der Waals surface area contributed by atoms with Gasteiger partial charge in [-0.05, 0) is 12.1 Å². The largest absolute Gasteiger partial charge is 0.398 e. The highest BCUT2D eigenvalue weighted by molar-refractivity contribution is 6.97. The van der Waals surface area contributed by atoms with Crippen molar-refractivity contribution in [1.29, 1.82) is 0 Å². The van der Waals surface area contributed by atoms with Gasteiger partial charge in [0.15, 0.2) is 6.41 Å². The highest BCUT2D eigenvalue weighted by Gasteiger charge is 2.46. The first-order valence-electron chi connectivity index (χ1n) is 4.15. The van der Waals surface area contributed by atoms with Gasteiger partial charge in [-0.1, -0.05) is 26.2 Å². The summed E-state index contributed by atoms with van der Waals surface area (Å²) in [5, 5.41) is 0. The second kappa shape index (κ2) is 2.45. The molecule has 0 atom stereocenters. The third-order valence-corrected chi connectivity index (χ3v) is 12.7. The summed E-state index contributed by atoms with van der Waals surface area (Å²) in [6, 6.07) is 2.62. The summed E-state index contributed by atoms with van der Waals surface area (Å²) in [6.07, 6.45) is 1.10. The van der Waals surface area contributed by atoms with Crippen LogP contribution in [0, 0.1) is 0 Å². The van der Waals surface area contributed by atoms with E-state index in [9.17, 15) is 4.79 Å². The molecule has 1 saturated heterocycles. The highest BCUT2D eigenvalue weighted by atomic mass is 28.4. The summed E-state index contributed by atoms with van der Waals surface area (Å²) in [6.45, 7) is 9.18. The maximum atomic E-state index is 10.8. The van der Waals surface area contributed by atoms with Crippen LogP contribution in [0.2, 0.25) is 38.3 Å². The van der Waals surface area contributed by atoms with E-state index >= 15 is 0 Å². The van der Waals surface area contributed by atoms with E-state index in [0.717, 1.165) is 6.41 Å². The van der Waals surface area contributed by atoms with Crippen molar-refractivity contribution >= 4 is 22.9 Å². The first-order valence-corrected chi connectivity index (χ1v) is 10.5. The number of hydrogen-bond acceptors (Lipinski definition) is 1. The van der Waals surface area contributed by atoms with Gasteiger partial charge in [0.1, 0.15) is 16.5 Å². The van der Waals surface area contributed by atoms with Crippen molar-refractivity contribution in [3.05, 3.63) is 0 Å². The fraction of sp³-hybridized carbons (Fsp3) is 0.857. The van der Waals surface area contributed by atoms with E-state index in [1.54, 1.807) is 0 Å². The fourth-order valence-electron chi connectivity index (χ4n) is 1.96. The van der Waals surface area contributed by atoms with Crippen LogP contribution < -0.4 is 0 Å². The van der Waals surface area contributed by atoms with Crippen molar-refractivity contribution in [2.45, 2.75) is 38.3 Å². The zero-order chi connectivity index (χ0) is 8.70. The minimum atomic E-state index is -1.28. The lowest BCUT2D eigenvalue weighted by molar-refractivity contribution is -0.112. The SMILES string of the molecule is C[Si]1(C)CC[Si](C)(C)N1C=O. The molecule has 1 fully saturated rings. The summed E-state index contributed by atoms with van der Waals surface area (Å²) in [5.41, 5.74) is 0. The van der Waals surface area contributed by atoms with Crippen molar-refractivity contribution < 1.29 is 4.79 Å². The van der Waals surface area contributed by atoms with E-state index < -0.39 is 16.5 Å². The summed E-state index contributed by atoms with van der Waals surface area (Å²) in [4.78, 5) is 10.8. The van der Waals surface area contributed by atoms with Crippen LogP contribution in [0.3, 0.4) is 0 Å². The van der Waals surface area contributed by atoms with Crippen LogP contribution in [-0.2, 0) is 4.79 Å². The smallest absolute Gasteiger partial charge is 0.193 e. The number of carbonyl (C=O) groups excluding carboxylic acids is 1. The Balaban J connectivity index is 2.88. The second-order valence-corrected chi connectivity index (χ2v) is 14.3. The van der Waals surface area contributed by atoms with Crippen LogP contribution in [-0.4, -0.2) is 27.1 Å². The van der Waals surface area contributed by atoms with Crippen molar-refractivity contribution in [3.63, 3.8) is 0 Å². The molecule has 1 heterocycles. The minimum absolute atomic E-state index is 1.10. The van der Waals surface area contributed by atoms with Crippen molar-refractivity contribution in [2.24, 2.45) is 0 Å². The highest BCUT2D eigenvalue weighted by Crippen LogP contribution is 2.35. The molecule has 11 heavy (non-hydrogen) atoms. The van der Waals surface area contributed by atoms with Gasteiger partial charge in [-0.3, -0.25) is 4.79 Å². The van der Waals surface area contributed by atoms with Crippen molar-refractivity contribution in [1.82, 2.24) is 4.23 Å². The average molecular weight is 187 g/mol. The third-order valence-electron chi connectivity index (χ3n) is 2.76. The van der Waals surface area contributed by atoms with E-state index in [2.05, 4.69) is 30.4 Å². The van der Waals surface area contributed by atoms with Crippen LogP contribution in [0.25, 0.3) is 0 Å². The maximum Gasteiger partial charge on any atom is 0.193 e. The van der Waals surface area contributed by atoms with Crippen LogP contribution in [0.15, 0.2) is 0 Å². The molecule has 4 heteroatoms. The monoisotopic (exact) mass is 187 g/mol. The number of carbonyl (C=O) groups is 1. The lowest BCUT2D eigenvalue weighted by Gasteiger charge is -2.35. The molecule has 2 nitrogen and oxygen atoms in total. The van der Waals surface area contributed by atoms with E-state index in [4.69, 9.17) is 0 Å². The number of hydrogen-bond donors (Lipinski definition) is 0. The number of amides is 1. The van der Waals surface area contributed by atoms with Crippen LogP contribution in [0.4, 0.5) is 0 Å². The predicted octanol–water partition coefficient (Wildman–Crippen LogP) is 1.87. The Morgan fingerprint density at radius 3 is 1.64 bits per heavy atom. The Bertz CT molecular complexity index is 163. The van der Waals surface area contributed by atoms with E-state index in [1.807, 2.05) is 0 Å². The molecule has 0 unspecified atom stereocenters. The molecule has 1 aliphatic heterocycles. The zero-order valence-electron chi connectivity index (χ0n) is 7.85. The lowest BCUT2D eigenvalue weighted by Crippen LogP contribution is -2.53. The first-order chi connectivity index (χ1) is 4.90. The van der Waals surface area contributed by atoms with Crippen molar-refractivity contribution in [3.8, 4) is 0 Å². The average Bonchev–Trinajstić information content (AvgIpc) is 2.03. The standard InChI is InChI=1S/C7H17NOSi2/c1-10(2)5-6-11(3,4)8(10)7-9/h7H,5-6H2,1-4H3. The summed E-state index contributed by atoms with van der Waals surface area (Å²) < 4.78 is 2.21. The lowest BCUT2D eigenvalue weighted by atomic mass is 10.9. The van der Waals surface area contributed by atoms with Gasteiger partial charge in [0.2, 0.25) is 0 Å². The molecule has 0 spiro atoms. The molecule has 0 aromatic rings. The minimum Gasteiger partial charge on any atom is -0.398 e. The van der Waals surface area contributed by atoms with Gasteiger partial charge >= 0.3 is 0 Å². The molecule has 0 radical (unpaired) electrons. The predicted molar refractivity (Wildman–Crippen MR) is 52.5 cm³/mol. The number of nitrogens with zero attached hydrogens (tertiary/aromatic N) is 1. The molecule has 0 aromatic carbocycles. The molecule has 1 amide bonds. The van der Waals surface area contributed by atoms with Gasteiger partial charge in [-0.15, -0.1) is 0 Å². The summed E-state index contributed by atoms with van der Waals surface area (Å²) >= 11 is 0. The van der Waals surface area contributed by atoms with Gasteiger partial charge in [0, 0.05) is 0 Å². The summed E-state index contributed by atoms with van der Waals surface area (Å²) in [7, 11) is -2.56. The van der Waals surface area contributed by atoms with Crippen LogP contribution >= 0.6 is 0 Å². The van der Waals surface area contributed by atoms with Gasteiger partial charge < -0.3 is 4.23 Å². The first kappa shape index (κ1) is 9.00. The second-order valence-electron chi connectivity index (χ2n) is 4.60. The van der Waals surface area contributed by atoms with Gasteiger partial charge in [-0.25, -0.2) is 0 Å². The molecule has 0 N–H and O–H groups in total. The van der Waals surface area contributed by atoms with E-state index in [-0.39, 0.29) is 0 Å². The van der Waals surface area contributed by atoms with Gasteiger partial charge in [0.05, 0.1) is 0 Å². The molecule has 0 aromatic heterocycles. The van der Waals surface area contributed by atoms with Gasteiger partial charge in [-0.2, -0.15) is 0 Å². The van der Waals surface area contributed by atoms with E-state index in [0.29, 0.717) is 0 Å². The Labute approximate surface area is 70.8 Å². The van der Waals surface area contributed by atoms with Crippen molar-refractivity contribution in [2.75, 3.05) is 0 Å². The molecule has 0 bridgehead atoms. The molecule has 0 aliphatic carbocycles. The summed E-state index contributed by atoms with van der Waals surface area (Å²) in [5.74, 6) is 0. The Kier molecular flexibility index (Phi) is 2.00. The Morgan fingerprint density at radius 1 is 1.09 bits per heavy atom. The Morgan fingerprint density at radius 2 is 1.45 bits per heavy atom. The van der Waals surface area contributed by atoms with Crippen LogP contribution in [0.1, 0.15) is 0 Å². The molecular weight excluding hydrogens is 170 g/mol. The molecule has 1 rings (SSSR count). The van der Waals surface area contributed by atoms with E-state index in [1.165, 1.54) is 12.1 Å². The molecule has 64 valence electrons. The quantitative estimate of drug-likeness (QED) is 0.453.